The Balaban J connectivity index is 1.22. The van der Waals surface area contributed by atoms with Crippen molar-refractivity contribution >= 4 is 17.5 Å². The molecule has 0 bridgehead atoms. The summed E-state index contributed by atoms with van der Waals surface area (Å²) in [6.45, 7) is 4.17. The summed E-state index contributed by atoms with van der Waals surface area (Å²) < 4.78 is 41.2. The van der Waals surface area contributed by atoms with Gasteiger partial charge in [0.15, 0.2) is 5.82 Å². The summed E-state index contributed by atoms with van der Waals surface area (Å²) >= 11 is 6.29. The van der Waals surface area contributed by atoms with Gasteiger partial charge < -0.3 is 4.90 Å². The fraction of sp³-hybridized carbons (Fsp3) is 0.458. The Hall–Kier alpha value is -3.23. The lowest BCUT2D eigenvalue weighted by Crippen LogP contribution is -2.62. The minimum atomic E-state index is -4.49. The van der Waals surface area contributed by atoms with Crippen molar-refractivity contribution in [1.82, 2.24) is 29.6 Å². The minimum absolute atomic E-state index is 0.0174. The lowest BCUT2D eigenvalue weighted by atomic mass is 9.57. The highest BCUT2D eigenvalue weighted by Gasteiger charge is 2.55. The molecule has 3 aliphatic rings. The van der Waals surface area contributed by atoms with Crippen LogP contribution in [-0.2, 0) is 19.3 Å². The van der Waals surface area contributed by atoms with Crippen molar-refractivity contribution in [3.05, 3.63) is 58.4 Å². The molecule has 0 N–H and O–H groups in total. The molecule has 3 aromatic rings. The molecule has 1 saturated heterocycles. The standard InChI is InChI=1S/C24H22ClF3N8/c1-14(9-29)34-10-15-6-17(25)2-3-18(15)36-20(11-34)32-33-21(36)16-7-23(8-16)12-35(13-23)22-30-5-4-19(31-22)24(26,27)28/h2-6,14,16H,7-8,10-13H2,1H3. The van der Waals surface area contributed by atoms with E-state index in [-0.39, 0.29) is 23.3 Å². The fourth-order valence-corrected chi connectivity index (χ4v) is 5.85. The maximum Gasteiger partial charge on any atom is 0.433 e. The number of nitrogens with zero attached hydrogens (tertiary/aromatic N) is 8. The Morgan fingerprint density at radius 3 is 2.67 bits per heavy atom. The monoisotopic (exact) mass is 514 g/mol. The number of hydrogen-bond acceptors (Lipinski definition) is 7. The highest BCUT2D eigenvalue weighted by atomic mass is 35.5. The first-order chi connectivity index (χ1) is 17.2. The molecule has 0 radical (unpaired) electrons. The van der Waals surface area contributed by atoms with E-state index in [1.807, 2.05) is 30.0 Å². The van der Waals surface area contributed by atoms with Crippen molar-refractivity contribution < 1.29 is 13.2 Å². The van der Waals surface area contributed by atoms with E-state index in [4.69, 9.17) is 11.6 Å². The van der Waals surface area contributed by atoms with Crippen LogP contribution in [0.5, 0.6) is 0 Å². The third-order valence-electron chi connectivity index (χ3n) is 7.48. The molecule has 6 rings (SSSR count). The molecule has 0 amide bonds. The summed E-state index contributed by atoms with van der Waals surface area (Å²) in [5.41, 5.74) is 1.07. The van der Waals surface area contributed by atoms with E-state index in [0.717, 1.165) is 48.0 Å². The highest BCUT2D eigenvalue weighted by molar-refractivity contribution is 6.30. The molecule has 36 heavy (non-hydrogen) atoms. The van der Waals surface area contributed by atoms with Gasteiger partial charge in [-0.05, 0) is 49.6 Å². The average Bonchev–Trinajstić information content (AvgIpc) is 3.11. The van der Waals surface area contributed by atoms with Gasteiger partial charge in [-0.2, -0.15) is 18.4 Å². The molecule has 12 heteroatoms. The number of fused-ring (bicyclic) bond motifs is 3. The first kappa shape index (κ1) is 23.2. The van der Waals surface area contributed by atoms with E-state index in [1.54, 1.807) is 4.90 Å². The molecule has 1 saturated carbocycles. The smallest absolute Gasteiger partial charge is 0.340 e. The van der Waals surface area contributed by atoms with Gasteiger partial charge in [0.25, 0.3) is 0 Å². The van der Waals surface area contributed by atoms with E-state index in [2.05, 4.69) is 30.8 Å². The van der Waals surface area contributed by atoms with Crippen LogP contribution in [0.1, 0.15) is 48.6 Å². The van der Waals surface area contributed by atoms with E-state index in [0.29, 0.717) is 31.2 Å². The summed E-state index contributed by atoms with van der Waals surface area (Å²) in [6, 6.07) is 8.64. The van der Waals surface area contributed by atoms with Gasteiger partial charge in [0.2, 0.25) is 5.95 Å². The molecule has 1 spiro atoms. The van der Waals surface area contributed by atoms with Crippen LogP contribution in [0.2, 0.25) is 5.02 Å². The molecule has 1 atom stereocenters. The number of hydrogen-bond donors (Lipinski definition) is 0. The number of nitriles is 1. The lowest BCUT2D eigenvalue weighted by molar-refractivity contribution is -0.141. The number of benzene rings is 1. The molecular formula is C24H22ClF3N8. The molecule has 1 aromatic carbocycles. The normalized spacial score (nSPS) is 20.1. The van der Waals surface area contributed by atoms with Crippen molar-refractivity contribution in [2.24, 2.45) is 5.41 Å². The molecule has 2 aliphatic heterocycles. The Bertz CT molecular complexity index is 1370. The SMILES string of the molecule is CC(C#N)N1Cc2cc(Cl)ccc2-n2c(nnc2C2CC3(C2)CN(c2nccc(C(F)(F)F)n2)C3)C1. The summed E-state index contributed by atoms with van der Waals surface area (Å²) in [6.07, 6.45) is -1.61. The zero-order valence-electron chi connectivity index (χ0n) is 19.4. The molecule has 2 aromatic heterocycles. The van der Waals surface area contributed by atoms with Crippen LogP contribution in [0.3, 0.4) is 0 Å². The molecule has 4 heterocycles. The van der Waals surface area contributed by atoms with E-state index >= 15 is 0 Å². The predicted molar refractivity (Wildman–Crippen MR) is 124 cm³/mol. The summed E-state index contributed by atoms with van der Waals surface area (Å²) in [7, 11) is 0. The van der Waals surface area contributed by atoms with Crippen LogP contribution in [0.15, 0.2) is 30.5 Å². The van der Waals surface area contributed by atoms with Crippen molar-refractivity contribution in [2.45, 2.75) is 51.0 Å². The minimum Gasteiger partial charge on any atom is -0.340 e. The van der Waals surface area contributed by atoms with Crippen LogP contribution in [0.4, 0.5) is 19.1 Å². The molecular weight excluding hydrogens is 493 g/mol. The van der Waals surface area contributed by atoms with E-state index < -0.39 is 11.9 Å². The maximum absolute atomic E-state index is 13.0. The number of aromatic nitrogens is 5. The number of rotatable bonds is 3. The van der Waals surface area contributed by atoms with Gasteiger partial charge in [-0.3, -0.25) is 9.47 Å². The van der Waals surface area contributed by atoms with Crippen LogP contribution in [0.25, 0.3) is 5.69 Å². The van der Waals surface area contributed by atoms with Crippen molar-refractivity contribution in [3.63, 3.8) is 0 Å². The number of alkyl halides is 3. The Kier molecular flexibility index (Phi) is 5.25. The van der Waals surface area contributed by atoms with Gasteiger partial charge in [-0.15, -0.1) is 10.2 Å². The molecule has 2 fully saturated rings. The second kappa shape index (κ2) is 8.15. The van der Waals surface area contributed by atoms with Crippen LogP contribution in [-0.4, -0.2) is 48.8 Å². The molecule has 1 unspecified atom stereocenters. The summed E-state index contributed by atoms with van der Waals surface area (Å²) in [4.78, 5) is 11.6. The lowest BCUT2D eigenvalue weighted by Gasteiger charge is -2.58. The molecule has 1 aliphatic carbocycles. The van der Waals surface area contributed by atoms with Crippen LogP contribution < -0.4 is 4.90 Å². The maximum atomic E-state index is 13.0. The van der Waals surface area contributed by atoms with Gasteiger partial charge in [-0.25, -0.2) is 9.97 Å². The predicted octanol–water partition coefficient (Wildman–Crippen LogP) is 4.34. The van der Waals surface area contributed by atoms with Gasteiger partial charge >= 0.3 is 6.18 Å². The van der Waals surface area contributed by atoms with Gasteiger partial charge in [0.05, 0.1) is 24.3 Å². The third kappa shape index (κ3) is 3.79. The highest BCUT2D eigenvalue weighted by Crippen LogP contribution is 2.56. The fourth-order valence-electron chi connectivity index (χ4n) is 5.66. The second-order valence-corrected chi connectivity index (χ2v) is 10.4. The largest absolute Gasteiger partial charge is 0.433 e. The Morgan fingerprint density at radius 2 is 1.94 bits per heavy atom. The molecule has 8 nitrogen and oxygen atoms in total. The van der Waals surface area contributed by atoms with Crippen molar-refractivity contribution in [2.75, 3.05) is 18.0 Å². The first-order valence-electron chi connectivity index (χ1n) is 11.7. The van der Waals surface area contributed by atoms with E-state index in [9.17, 15) is 18.4 Å². The number of halogens is 4. The summed E-state index contributed by atoms with van der Waals surface area (Å²) in [5, 5.41) is 19.2. The van der Waals surface area contributed by atoms with Gasteiger partial charge in [0.1, 0.15) is 11.5 Å². The second-order valence-electron chi connectivity index (χ2n) is 9.99. The Morgan fingerprint density at radius 1 is 1.17 bits per heavy atom. The zero-order chi connectivity index (χ0) is 25.2. The van der Waals surface area contributed by atoms with Crippen LogP contribution >= 0.6 is 11.6 Å². The van der Waals surface area contributed by atoms with Crippen LogP contribution in [0, 0.1) is 16.7 Å². The van der Waals surface area contributed by atoms with Gasteiger partial charge in [0, 0.05) is 42.2 Å². The first-order valence-corrected chi connectivity index (χ1v) is 12.1. The topological polar surface area (TPSA) is 86.8 Å². The Labute approximate surface area is 210 Å². The summed E-state index contributed by atoms with van der Waals surface area (Å²) in [5.74, 6) is 1.95. The van der Waals surface area contributed by atoms with Crippen molar-refractivity contribution in [1.29, 1.82) is 5.26 Å². The van der Waals surface area contributed by atoms with E-state index in [1.165, 1.54) is 0 Å². The quantitative estimate of drug-likeness (QED) is 0.514. The average molecular weight is 515 g/mol. The third-order valence-corrected chi connectivity index (χ3v) is 7.72. The number of anilines is 1. The van der Waals surface area contributed by atoms with Gasteiger partial charge in [-0.1, -0.05) is 11.6 Å². The zero-order valence-corrected chi connectivity index (χ0v) is 20.1. The molecule has 186 valence electrons. The van der Waals surface area contributed by atoms with Crippen molar-refractivity contribution in [3.8, 4) is 11.8 Å².